The molecular formula is C25H26N2O5S. The Morgan fingerprint density at radius 1 is 0.879 bits per heavy atom. The predicted molar refractivity (Wildman–Crippen MR) is 128 cm³/mol. The first kappa shape index (κ1) is 24.0. The van der Waals surface area contributed by atoms with Crippen molar-refractivity contribution in [2.75, 3.05) is 22.8 Å². The number of carbonyl (C=O) groups excluding carboxylic acids is 2. The van der Waals surface area contributed by atoms with Crippen molar-refractivity contribution in [1.29, 1.82) is 0 Å². The molecule has 0 aliphatic heterocycles. The lowest BCUT2D eigenvalue weighted by atomic mass is 10.2. The van der Waals surface area contributed by atoms with Gasteiger partial charge in [0.05, 0.1) is 28.4 Å². The molecule has 0 aliphatic rings. The maximum atomic E-state index is 13.4. The number of nitrogens with zero attached hydrogens (tertiary/aromatic N) is 1. The molecule has 0 aromatic heterocycles. The number of anilines is 2. The van der Waals surface area contributed by atoms with Crippen molar-refractivity contribution in [2.45, 2.75) is 25.7 Å². The fraction of sp³-hybridized carbons (Fsp3) is 0.200. The lowest BCUT2D eigenvalue weighted by molar-refractivity contribution is -0.114. The van der Waals surface area contributed by atoms with Gasteiger partial charge in [-0.3, -0.25) is 9.10 Å². The highest BCUT2D eigenvalue weighted by molar-refractivity contribution is 7.92. The van der Waals surface area contributed by atoms with Crippen molar-refractivity contribution < 1.29 is 22.7 Å². The molecule has 0 aliphatic carbocycles. The van der Waals surface area contributed by atoms with Crippen LogP contribution in [0.3, 0.4) is 0 Å². The molecule has 0 radical (unpaired) electrons. The van der Waals surface area contributed by atoms with Gasteiger partial charge in [0.2, 0.25) is 5.91 Å². The van der Waals surface area contributed by atoms with Crippen LogP contribution in [0.4, 0.5) is 11.4 Å². The van der Waals surface area contributed by atoms with Gasteiger partial charge in [0.1, 0.15) is 6.54 Å². The highest BCUT2D eigenvalue weighted by Crippen LogP contribution is 2.25. The van der Waals surface area contributed by atoms with E-state index in [9.17, 15) is 18.0 Å². The largest absolute Gasteiger partial charge is 0.462 e. The highest BCUT2D eigenvalue weighted by Gasteiger charge is 2.27. The molecule has 1 amide bonds. The van der Waals surface area contributed by atoms with Crippen LogP contribution in [0.15, 0.2) is 77.7 Å². The summed E-state index contributed by atoms with van der Waals surface area (Å²) in [5, 5.41) is 2.65. The zero-order valence-corrected chi connectivity index (χ0v) is 19.6. The zero-order valence-electron chi connectivity index (χ0n) is 18.7. The van der Waals surface area contributed by atoms with E-state index in [1.807, 2.05) is 13.8 Å². The Bertz CT molecular complexity index is 1240. The van der Waals surface area contributed by atoms with Crippen LogP contribution >= 0.6 is 0 Å². The maximum absolute atomic E-state index is 13.4. The van der Waals surface area contributed by atoms with Gasteiger partial charge < -0.3 is 10.1 Å². The number of ether oxygens (including phenoxy) is 1. The Kier molecular flexibility index (Phi) is 7.50. The molecule has 0 saturated carbocycles. The van der Waals surface area contributed by atoms with Crippen LogP contribution in [0.25, 0.3) is 0 Å². The molecule has 172 valence electrons. The van der Waals surface area contributed by atoms with Crippen LogP contribution in [0.2, 0.25) is 0 Å². The van der Waals surface area contributed by atoms with Gasteiger partial charge >= 0.3 is 5.97 Å². The second-order valence-corrected chi connectivity index (χ2v) is 9.34. The van der Waals surface area contributed by atoms with Crippen LogP contribution in [-0.2, 0) is 19.6 Å². The van der Waals surface area contributed by atoms with Gasteiger partial charge in [-0.05, 0) is 57.2 Å². The lowest BCUT2D eigenvalue weighted by Gasteiger charge is -2.24. The minimum Gasteiger partial charge on any atom is -0.462 e. The number of carbonyl (C=O) groups is 2. The van der Waals surface area contributed by atoms with E-state index in [2.05, 4.69) is 5.32 Å². The number of esters is 1. The molecule has 33 heavy (non-hydrogen) atoms. The van der Waals surface area contributed by atoms with Crippen molar-refractivity contribution in [3.05, 3.63) is 89.5 Å². The van der Waals surface area contributed by atoms with E-state index in [0.717, 1.165) is 15.4 Å². The van der Waals surface area contributed by atoms with Crippen LogP contribution < -0.4 is 9.62 Å². The summed E-state index contributed by atoms with van der Waals surface area (Å²) in [6.07, 6.45) is 0. The minimum atomic E-state index is -4.03. The molecule has 8 heteroatoms. The third-order valence-corrected chi connectivity index (χ3v) is 6.70. The van der Waals surface area contributed by atoms with Gasteiger partial charge in [-0.15, -0.1) is 0 Å². The molecule has 3 aromatic rings. The first-order valence-electron chi connectivity index (χ1n) is 10.4. The Hall–Kier alpha value is -3.65. The van der Waals surface area contributed by atoms with Gasteiger partial charge in [0.25, 0.3) is 10.0 Å². The van der Waals surface area contributed by atoms with Crippen molar-refractivity contribution in [3.63, 3.8) is 0 Å². The summed E-state index contributed by atoms with van der Waals surface area (Å²) in [5.41, 5.74) is 2.67. The number of para-hydroxylation sites is 1. The lowest BCUT2D eigenvalue weighted by Crippen LogP contribution is -2.38. The standard InChI is InChI=1S/C25H26N2O5S/c1-4-32-25(29)22-7-5-6-8-23(22)26-24(28)17-27(20-13-9-18(2)10-14-20)33(30,31)21-15-11-19(3)12-16-21/h5-16H,4,17H2,1-3H3,(H,26,28). The van der Waals surface area contributed by atoms with Crippen molar-refractivity contribution in [2.24, 2.45) is 0 Å². The average molecular weight is 467 g/mol. The third-order valence-electron chi connectivity index (χ3n) is 4.91. The number of sulfonamides is 1. The number of hydrogen-bond acceptors (Lipinski definition) is 5. The molecule has 0 unspecified atom stereocenters. The quantitative estimate of drug-likeness (QED) is 0.499. The molecule has 0 spiro atoms. The summed E-state index contributed by atoms with van der Waals surface area (Å²) >= 11 is 0. The van der Waals surface area contributed by atoms with Gasteiger partial charge in [-0.1, -0.05) is 47.5 Å². The summed E-state index contributed by atoms with van der Waals surface area (Å²) in [7, 11) is -4.03. The molecule has 0 atom stereocenters. The minimum absolute atomic E-state index is 0.0772. The Balaban J connectivity index is 1.93. The van der Waals surface area contributed by atoms with E-state index in [4.69, 9.17) is 4.74 Å². The number of amides is 1. The average Bonchev–Trinajstić information content (AvgIpc) is 2.79. The molecule has 0 heterocycles. The molecule has 0 fully saturated rings. The molecular weight excluding hydrogens is 440 g/mol. The molecule has 1 N–H and O–H groups in total. The first-order chi connectivity index (χ1) is 15.7. The number of hydrogen-bond donors (Lipinski definition) is 1. The fourth-order valence-electron chi connectivity index (χ4n) is 3.16. The Labute approximate surface area is 194 Å². The van der Waals surface area contributed by atoms with E-state index in [1.165, 1.54) is 18.2 Å². The molecule has 3 aromatic carbocycles. The predicted octanol–water partition coefficient (Wildman–Crippen LogP) is 4.31. The van der Waals surface area contributed by atoms with Crippen LogP contribution in [0, 0.1) is 13.8 Å². The van der Waals surface area contributed by atoms with Crippen LogP contribution in [-0.4, -0.2) is 33.4 Å². The van der Waals surface area contributed by atoms with Crippen molar-refractivity contribution >= 4 is 33.3 Å². The third kappa shape index (κ3) is 5.78. The Morgan fingerprint density at radius 2 is 1.45 bits per heavy atom. The second kappa shape index (κ2) is 10.3. The summed E-state index contributed by atoms with van der Waals surface area (Å²) in [5.74, 6) is -1.17. The van der Waals surface area contributed by atoms with Crippen molar-refractivity contribution in [1.82, 2.24) is 0 Å². The summed E-state index contributed by atoms with van der Waals surface area (Å²) in [6, 6.07) is 19.7. The summed E-state index contributed by atoms with van der Waals surface area (Å²) < 4.78 is 33.0. The number of rotatable bonds is 8. The SMILES string of the molecule is CCOC(=O)c1ccccc1NC(=O)CN(c1ccc(C)cc1)S(=O)(=O)c1ccc(C)cc1. The van der Waals surface area contributed by atoms with Gasteiger partial charge in [0.15, 0.2) is 0 Å². The number of benzene rings is 3. The number of aryl methyl sites for hydroxylation is 2. The zero-order chi connectivity index (χ0) is 24.0. The smallest absolute Gasteiger partial charge is 0.340 e. The topological polar surface area (TPSA) is 92.8 Å². The van der Waals surface area contributed by atoms with Gasteiger partial charge in [0, 0.05) is 0 Å². The normalized spacial score (nSPS) is 11.0. The van der Waals surface area contributed by atoms with E-state index in [1.54, 1.807) is 61.5 Å². The van der Waals surface area contributed by atoms with Crippen molar-refractivity contribution in [3.8, 4) is 0 Å². The first-order valence-corrected chi connectivity index (χ1v) is 11.9. The molecule has 0 bridgehead atoms. The fourth-order valence-corrected chi connectivity index (χ4v) is 4.58. The monoisotopic (exact) mass is 466 g/mol. The highest BCUT2D eigenvalue weighted by atomic mass is 32.2. The van der Waals surface area contributed by atoms with E-state index in [0.29, 0.717) is 5.69 Å². The maximum Gasteiger partial charge on any atom is 0.340 e. The Morgan fingerprint density at radius 3 is 2.06 bits per heavy atom. The summed E-state index contributed by atoms with van der Waals surface area (Å²) in [4.78, 5) is 25.3. The number of nitrogens with one attached hydrogen (secondary N) is 1. The van der Waals surface area contributed by atoms with Crippen LogP contribution in [0.5, 0.6) is 0 Å². The molecule has 0 saturated heterocycles. The van der Waals surface area contributed by atoms with E-state index < -0.39 is 28.4 Å². The summed E-state index contributed by atoms with van der Waals surface area (Å²) in [6.45, 7) is 5.16. The van der Waals surface area contributed by atoms with E-state index >= 15 is 0 Å². The van der Waals surface area contributed by atoms with E-state index in [-0.39, 0.29) is 22.8 Å². The van der Waals surface area contributed by atoms with Crippen LogP contribution in [0.1, 0.15) is 28.4 Å². The van der Waals surface area contributed by atoms with Gasteiger partial charge in [-0.2, -0.15) is 0 Å². The molecule has 7 nitrogen and oxygen atoms in total. The van der Waals surface area contributed by atoms with Gasteiger partial charge in [-0.25, -0.2) is 13.2 Å². The second-order valence-electron chi connectivity index (χ2n) is 7.47. The molecule has 3 rings (SSSR count).